The lowest BCUT2D eigenvalue weighted by molar-refractivity contribution is -0.106. The van der Waals surface area contributed by atoms with Crippen LogP contribution in [0, 0.1) is 0 Å². The van der Waals surface area contributed by atoms with Crippen LogP contribution in [0.5, 0.6) is 0 Å². The largest absolute Gasteiger partial charge is 0.393 e. The highest BCUT2D eigenvalue weighted by atomic mass is 35.5. The molecule has 3 nitrogen and oxygen atoms in total. The predicted molar refractivity (Wildman–Crippen MR) is 41.6 cm³/mol. The Kier molecular flexibility index (Phi) is 4.20. The molecule has 1 saturated heterocycles. The summed E-state index contributed by atoms with van der Waals surface area (Å²) in [5.74, 6) is 0. The zero-order chi connectivity index (χ0) is 6.74. The maximum absolute atomic E-state index is 8.80. The van der Waals surface area contributed by atoms with Gasteiger partial charge in [-0.15, -0.1) is 12.4 Å². The fraction of sp³-hybridized carbons (Fsp3) is 1.00. The van der Waals surface area contributed by atoms with E-state index in [9.17, 15) is 0 Å². The van der Waals surface area contributed by atoms with Gasteiger partial charge in [-0.2, -0.15) is 0 Å². The third-order valence-corrected chi connectivity index (χ3v) is 1.63. The van der Waals surface area contributed by atoms with Crippen molar-refractivity contribution in [2.75, 3.05) is 26.3 Å². The molecule has 1 rings (SSSR count). The van der Waals surface area contributed by atoms with E-state index in [0.717, 1.165) is 13.1 Å². The van der Waals surface area contributed by atoms with Crippen LogP contribution in [0.25, 0.3) is 0 Å². The number of aliphatic hydroxyl groups excluding tert-OH is 1. The van der Waals surface area contributed by atoms with Gasteiger partial charge < -0.3 is 15.2 Å². The van der Waals surface area contributed by atoms with Gasteiger partial charge in [-0.1, -0.05) is 0 Å². The van der Waals surface area contributed by atoms with Crippen LogP contribution in [0.15, 0.2) is 0 Å². The Morgan fingerprint density at radius 3 is 2.30 bits per heavy atom. The van der Waals surface area contributed by atoms with E-state index in [-0.39, 0.29) is 24.6 Å². The van der Waals surface area contributed by atoms with Gasteiger partial charge in [0, 0.05) is 19.7 Å². The molecular formula is C6H14ClNO2. The standard InChI is InChI=1S/C6H13NO2.ClH/c1-2-9-6(5-8)3-7-4-6;/h7-8H,2-5H2,1H3;1H. The molecule has 0 spiro atoms. The average molecular weight is 168 g/mol. The quantitative estimate of drug-likeness (QED) is 0.611. The van der Waals surface area contributed by atoms with E-state index >= 15 is 0 Å². The van der Waals surface area contributed by atoms with Crippen molar-refractivity contribution in [3.8, 4) is 0 Å². The fourth-order valence-electron chi connectivity index (χ4n) is 0.970. The predicted octanol–water partition coefficient (Wildman–Crippen LogP) is -0.221. The normalized spacial score (nSPS) is 21.0. The number of nitrogens with one attached hydrogen (secondary N) is 1. The highest BCUT2D eigenvalue weighted by Gasteiger charge is 2.36. The maximum atomic E-state index is 8.80. The molecule has 0 unspecified atom stereocenters. The molecule has 10 heavy (non-hydrogen) atoms. The SMILES string of the molecule is CCOC1(CO)CNC1.Cl. The van der Waals surface area contributed by atoms with Gasteiger partial charge in [-0.05, 0) is 6.92 Å². The minimum atomic E-state index is -0.241. The van der Waals surface area contributed by atoms with Crippen LogP contribution in [-0.2, 0) is 4.74 Å². The van der Waals surface area contributed by atoms with Crippen LogP contribution < -0.4 is 5.32 Å². The molecule has 0 bridgehead atoms. The van der Waals surface area contributed by atoms with Crippen molar-refractivity contribution < 1.29 is 9.84 Å². The van der Waals surface area contributed by atoms with Gasteiger partial charge in [0.2, 0.25) is 0 Å². The van der Waals surface area contributed by atoms with E-state index in [2.05, 4.69) is 5.32 Å². The lowest BCUT2D eigenvalue weighted by Gasteiger charge is -2.40. The summed E-state index contributed by atoms with van der Waals surface area (Å²) < 4.78 is 5.30. The van der Waals surface area contributed by atoms with Gasteiger partial charge in [-0.3, -0.25) is 0 Å². The molecule has 1 aliphatic rings. The summed E-state index contributed by atoms with van der Waals surface area (Å²) in [4.78, 5) is 0. The highest BCUT2D eigenvalue weighted by molar-refractivity contribution is 5.85. The molecule has 0 saturated carbocycles. The van der Waals surface area contributed by atoms with Crippen LogP contribution >= 0.6 is 12.4 Å². The molecule has 0 atom stereocenters. The van der Waals surface area contributed by atoms with Gasteiger partial charge >= 0.3 is 0 Å². The van der Waals surface area contributed by atoms with Crippen LogP contribution in [-0.4, -0.2) is 37.0 Å². The first-order valence-corrected chi connectivity index (χ1v) is 3.28. The van der Waals surface area contributed by atoms with Crippen molar-refractivity contribution in [3.05, 3.63) is 0 Å². The molecule has 1 heterocycles. The Hall–Kier alpha value is 0.170. The third-order valence-electron chi connectivity index (χ3n) is 1.63. The Balaban J connectivity index is 0.000000810. The van der Waals surface area contributed by atoms with Crippen LogP contribution in [0.4, 0.5) is 0 Å². The number of ether oxygens (including phenoxy) is 1. The average Bonchev–Trinajstić information content (AvgIpc) is 1.79. The van der Waals surface area contributed by atoms with Crippen molar-refractivity contribution in [2.24, 2.45) is 0 Å². The second-order valence-corrected chi connectivity index (χ2v) is 2.38. The topological polar surface area (TPSA) is 41.5 Å². The lowest BCUT2D eigenvalue weighted by atomic mass is 9.98. The van der Waals surface area contributed by atoms with E-state index in [1.54, 1.807) is 0 Å². The molecule has 0 radical (unpaired) electrons. The summed E-state index contributed by atoms with van der Waals surface area (Å²) in [5.41, 5.74) is -0.241. The van der Waals surface area contributed by atoms with E-state index in [1.807, 2.05) is 6.92 Å². The van der Waals surface area contributed by atoms with Gasteiger partial charge in [-0.25, -0.2) is 0 Å². The summed E-state index contributed by atoms with van der Waals surface area (Å²) in [6.07, 6.45) is 0. The molecule has 4 heteroatoms. The van der Waals surface area contributed by atoms with Gasteiger partial charge in [0.1, 0.15) is 5.60 Å². The molecule has 0 aromatic carbocycles. The maximum Gasteiger partial charge on any atom is 0.116 e. The lowest BCUT2D eigenvalue weighted by Crippen LogP contribution is -2.63. The smallest absolute Gasteiger partial charge is 0.116 e. The summed E-state index contributed by atoms with van der Waals surface area (Å²) in [6, 6.07) is 0. The Morgan fingerprint density at radius 2 is 2.20 bits per heavy atom. The summed E-state index contributed by atoms with van der Waals surface area (Å²) >= 11 is 0. The summed E-state index contributed by atoms with van der Waals surface area (Å²) in [5, 5.41) is 11.9. The zero-order valence-corrected chi connectivity index (χ0v) is 6.91. The van der Waals surface area contributed by atoms with Gasteiger partial charge in [0.25, 0.3) is 0 Å². The fourth-order valence-corrected chi connectivity index (χ4v) is 0.970. The molecule has 0 aromatic rings. The first-order chi connectivity index (χ1) is 4.33. The molecule has 0 aromatic heterocycles. The zero-order valence-electron chi connectivity index (χ0n) is 6.09. The van der Waals surface area contributed by atoms with Crippen molar-refractivity contribution in [3.63, 3.8) is 0 Å². The van der Waals surface area contributed by atoms with Gasteiger partial charge in [0.15, 0.2) is 0 Å². The number of aliphatic hydroxyl groups is 1. The molecule has 1 aliphatic heterocycles. The number of hydrogen-bond donors (Lipinski definition) is 2. The van der Waals surface area contributed by atoms with Gasteiger partial charge in [0.05, 0.1) is 6.61 Å². The molecule has 0 aliphatic carbocycles. The first kappa shape index (κ1) is 10.2. The Labute approximate surface area is 67.2 Å². The van der Waals surface area contributed by atoms with Crippen LogP contribution in [0.1, 0.15) is 6.92 Å². The van der Waals surface area contributed by atoms with E-state index in [0.29, 0.717) is 6.61 Å². The molecule has 2 N–H and O–H groups in total. The minimum absolute atomic E-state index is 0. The van der Waals surface area contributed by atoms with Crippen LogP contribution in [0.3, 0.4) is 0 Å². The Bertz CT molecular complexity index is 90.2. The monoisotopic (exact) mass is 167 g/mol. The number of rotatable bonds is 3. The van der Waals surface area contributed by atoms with Crippen molar-refractivity contribution in [1.29, 1.82) is 0 Å². The molecule has 0 amide bonds. The third kappa shape index (κ3) is 1.83. The first-order valence-electron chi connectivity index (χ1n) is 3.28. The molecule has 1 fully saturated rings. The Morgan fingerprint density at radius 1 is 1.60 bits per heavy atom. The van der Waals surface area contributed by atoms with Crippen molar-refractivity contribution in [1.82, 2.24) is 5.32 Å². The molecular weight excluding hydrogens is 154 g/mol. The van der Waals surface area contributed by atoms with Crippen molar-refractivity contribution >= 4 is 12.4 Å². The molecule has 62 valence electrons. The second-order valence-electron chi connectivity index (χ2n) is 2.38. The number of halogens is 1. The van der Waals surface area contributed by atoms with Crippen molar-refractivity contribution in [2.45, 2.75) is 12.5 Å². The second kappa shape index (κ2) is 4.13. The van der Waals surface area contributed by atoms with Crippen LogP contribution in [0.2, 0.25) is 0 Å². The van der Waals surface area contributed by atoms with E-state index in [4.69, 9.17) is 9.84 Å². The van der Waals surface area contributed by atoms with E-state index < -0.39 is 0 Å². The van der Waals surface area contributed by atoms with E-state index in [1.165, 1.54) is 0 Å². The highest BCUT2D eigenvalue weighted by Crippen LogP contribution is 2.14. The summed E-state index contributed by atoms with van der Waals surface area (Å²) in [7, 11) is 0. The summed E-state index contributed by atoms with van der Waals surface area (Å²) in [6.45, 7) is 4.33. The number of hydrogen-bond acceptors (Lipinski definition) is 3. The minimum Gasteiger partial charge on any atom is -0.393 e.